The Balaban J connectivity index is 2.32. The molecule has 1 aromatic carbocycles. The Morgan fingerprint density at radius 1 is 1.31 bits per heavy atom. The number of nitrogens with one attached hydrogen (secondary N) is 1. The normalized spacial score (nSPS) is 12.7. The van der Waals surface area contributed by atoms with E-state index in [1.165, 1.54) is 16.7 Å². The van der Waals surface area contributed by atoms with Gasteiger partial charge in [-0.05, 0) is 43.5 Å². The van der Waals surface area contributed by atoms with Gasteiger partial charge in [-0.15, -0.1) is 0 Å². The van der Waals surface area contributed by atoms with Crippen molar-refractivity contribution in [3.63, 3.8) is 0 Å². The number of rotatable bonds is 6. The maximum Gasteiger partial charge on any atom is 0.0244 e. The summed E-state index contributed by atoms with van der Waals surface area (Å²) in [5.74, 6) is 0.791. The van der Waals surface area contributed by atoms with Crippen LogP contribution in [0.3, 0.4) is 0 Å². The molecule has 90 valence electrons. The van der Waals surface area contributed by atoms with Gasteiger partial charge in [-0.1, -0.05) is 18.2 Å². The minimum absolute atomic E-state index is 0.662. The van der Waals surface area contributed by atoms with Crippen LogP contribution in [0.5, 0.6) is 0 Å². The van der Waals surface area contributed by atoms with Crippen LogP contribution in [-0.4, -0.2) is 22.8 Å². The Hall–Kier alpha value is -0.670. The minimum Gasteiger partial charge on any atom is -0.313 e. The maximum absolute atomic E-state index is 10.9. The Morgan fingerprint density at radius 3 is 2.75 bits per heavy atom. The fraction of sp³-hybridized carbons (Fsp3) is 0.538. The summed E-state index contributed by atoms with van der Waals surface area (Å²) in [6.45, 7) is 6.14. The molecule has 0 heterocycles. The molecule has 1 aromatic rings. The van der Waals surface area contributed by atoms with E-state index >= 15 is 0 Å². The van der Waals surface area contributed by atoms with Gasteiger partial charge in [0.2, 0.25) is 0 Å². The molecule has 0 saturated heterocycles. The molecule has 1 unspecified atom stereocenters. The van der Waals surface area contributed by atoms with Crippen LogP contribution >= 0.6 is 0 Å². The van der Waals surface area contributed by atoms with E-state index < -0.39 is 10.8 Å². The quantitative estimate of drug-likeness (QED) is 0.771. The lowest BCUT2D eigenvalue weighted by Crippen LogP contribution is -2.17. The topological polar surface area (TPSA) is 29.1 Å². The third-order valence-corrected chi connectivity index (χ3v) is 3.68. The second-order valence-electron chi connectivity index (χ2n) is 4.17. The molecule has 0 aliphatic rings. The van der Waals surface area contributed by atoms with Crippen molar-refractivity contribution in [3.8, 4) is 0 Å². The molecule has 2 nitrogen and oxygen atoms in total. The predicted octanol–water partition coefficient (Wildman–Crippen LogP) is 2.16. The van der Waals surface area contributed by atoms with Gasteiger partial charge in [0.15, 0.2) is 0 Å². The van der Waals surface area contributed by atoms with Crippen LogP contribution in [0.2, 0.25) is 0 Å². The average Bonchev–Trinajstić information content (AvgIpc) is 2.23. The highest BCUT2D eigenvalue weighted by Gasteiger charge is 1.99. The third kappa shape index (κ3) is 4.45. The van der Waals surface area contributed by atoms with Crippen molar-refractivity contribution in [1.82, 2.24) is 5.32 Å². The minimum atomic E-state index is -0.662. The average molecular weight is 239 g/mol. The zero-order valence-corrected chi connectivity index (χ0v) is 11.2. The van der Waals surface area contributed by atoms with E-state index in [9.17, 15) is 4.21 Å². The van der Waals surface area contributed by atoms with Crippen molar-refractivity contribution in [2.24, 2.45) is 0 Å². The molecule has 1 rings (SSSR count). The van der Waals surface area contributed by atoms with Gasteiger partial charge in [-0.2, -0.15) is 0 Å². The first-order valence-corrected chi connectivity index (χ1v) is 7.40. The van der Waals surface area contributed by atoms with E-state index in [-0.39, 0.29) is 0 Å². The lowest BCUT2D eigenvalue weighted by atomic mass is 10.0. The highest BCUT2D eigenvalue weighted by molar-refractivity contribution is 7.84. The molecule has 0 aromatic heterocycles. The molecule has 1 atom stereocenters. The number of benzene rings is 1. The molecule has 0 aliphatic carbocycles. The van der Waals surface area contributed by atoms with Gasteiger partial charge in [-0.25, -0.2) is 0 Å². The van der Waals surface area contributed by atoms with Gasteiger partial charge in [-0.3, -0.25) is 4.21 Å². The molecule has 0 bridgehead atoms. The number of hydrogen-bond acceptors (Lipinski definition) is 2. The van der Waals surface area contributed by atoms with Gasteiger partial charge >= 0.3 is 0 Å². The Bertz CT molecular complexity index is 363. The molecule has 0 spiro atoms. The van der Waals surface area contributed by atoms with E-state index in [2.05, 4.69) is 37.4 Å². The molecule has 3 heteroatoms. The SMILES string of the molecule is Cc1cccc(CNCCCS(C)=O)c1C. The van der Waals surface area contributed by atoms with E-state index in [1.54, 1.807) is 6.26 Å². The summed E-state index contributed by atoms with van der Waals surface area (Å²) in [6, 6.07) is 6.40. The van der Waals surface area contributed by atoms with Crippen molar-refractivity contribution in [2.45, 2.75) is 26.8 Å². The van der Waals surface area contributed by atoms with Crippen molar-refractivity contribution in [3.05, 3.63) is 34.9 Å². The fourth-order valence-corrected chi connectivity index (χ4v) is 2.18. The number of hydrogen-bond donors (Lipinski definition) is 1. The monoisotopic (exact) mass is 239 g/mol. The smallest absolute Gasteiger partial charge is 0.0244 e. The molecule has 0 fully saturated rings. The molecular weight excluding hydrogens is 218 g/mol. The number of aryl methyl sites for hydroxylation is 1. The van der Waals surface area contributed by atoms with Gasteiger partial charge < -0.3 is 5.32 Å². The van der Waals surface area contributed by atoms with Crippen molar-refractivity contribution >= 4 is 10.8 Å². The van der Waals surface area contributed by atoms with E-state index in [0.29, 0.717) is 0 Å². The van der Waals surface area contributed by atoms with Crippen molar-refractivity contribution in [2.75, 3.05) is 18.6 Å². The summed E-state index contributed by atoms with van der Waals surface area (Å²) in [4.78, 5) is 0. The van der Waals surface area contributed by atoms with Crippen LogP contribution in [-0.2, 0) is 17.3 Å². The summed E-state index contributed by atoms with van der Waals surface area (Å²) in [5, 5.41) is 3.39. The third-order valence-electron chi connectivity index (χ3n) is 2.82. The second-order valence-corrected chi connectivity index (χ2v) is 5.72. The highest BCUT2D eigenvalue weighted by atomic mass is 32.2. The van der Waals surface area contributed by atoms with Crippen LogP contribution < -0.4 is 5.32 Å². The predicted molar refractivity (Wildman–Crippen MR) is 71.2 cm³/mol. The van der Waals surface area contributed by atoms with Crippen LogP contribution in [0.4, 0.5) is 0 Å². The Kier molecular flexibility index (Phi) is 5.71. The van der Waals surface area contributed by atoms with Gasteiger partial charge in [0, 0.05) is 29.4 Å². The second kappa shape index (κ2) is 6.81. The summed E-state index contributed by atoms with van der Waals surface area (Å²) < 4.78 is 10.9. The summed E-state index contributed by atoms with van der Waals surface area (Å²) in [7, 11) is -0.662. The molecule has 0 radical (unpaired) electrons. The molecule has 16 heavy (non-hydrogen) atoms. The zero-order valence-electron chi connectivity index (χ0n) is 10.4. The van der Waals surface area contributed by atoms with Crippen LogP contribution in [0.1, 0.15) is 23.1 Å². The Labute approximate surface area is 101 Å². The van der Waals surface area contributed by atoms with Crippen molar-refractivity contribution in [1.29, 1.82) is 0 Å². The molecular formula is C13H21NOS. The first-order chi connectivity index (χ1) is 7.61. The van der Waals surface area contributed by atoms with Crippen molar-refractivity contribution < 1.29 is 4.21 Å². The fourth-order valence-electron chi connectivity index (χ4n) is 1.63. The van der Waals surface area contributed by atoms with E-state index in [0.717, 1.165) is 25.3 Å². The molecule has 1 N–H and O–H groups in total. The highest BCUT2D eigenvalue weighted by Crippen LogP contribution is 2.11. The van der Waals surface area contributed by atoms with Crippen LogP contribution in [0.25, 0.3) is 0 Å². The summed E-state index contributed by atoms with van der Waals surface area (Å²) in [6.07, 6.45) is 2.73. The van der Waals surface area contributed by atoms with Gasteiger partial charge in [0.1, 0.15) is 0 Å². The molecule has 0 amide bonds. The van der Waals surface area contributed by atoms with Gasteiger partial charge in [0.05, 0.1) is 0 Å². The largest absolute Gasteiger partial charge is 0.313 e. The van der Waals surface area contributed by atoms with E-state index in [4.69, 9.17) is 0 Å². The Morgan fingerprint density at radius 2 is 2.06 bits per heavy atom. The zero-order chi connectivity index (χ0) is 12.0. The van der Waals surface area contributed by atoms with Crippen LogP contribution in [0.15, 0.2) is 18.2 Å². The van der Waals surface area contributed by atoms with E-state index in [1.807, 2.05) is 0 Å². The lowest BCUT2D eigenvalue weighted by Gasteiger charge is -2.09. The summed E-state index contributed by atoms with van der Waals surface area (Å²) in [5.41, 5.74) is 4.07. The first kappa shape index (κ1) is 13.4. The molecule has 0 saturated carbocycles. The summed E-state index contributed by atoms with van der Waals surface area (Å²) >= 11 is 0. The standard InChI is InChI=1S/C13H21NOS/c1-11-6-4-7-13(12(11)2)10-14-8-5-9-16(3)15/h4,6-7,14H,5,8-10H2,1-3H3. The van der Waals surface area contributed by atoms with Crippen LogP contribution in [0, 0.1) is 13.8 Å². The lowest BCUT2D eigenvalue weighted by molar-refractivity contribution is 0.660. The maximum atomic E-state index is 10.9. The molecule has 0 aliphatic heterocycles. The first-order valence-electron chi connectivity index (χ1n) is 5.67. The van der Waals surface area contributed by atoms with Gasteiger partial charge in [0.25, 0.3) is 0 Å².